The van der Waals surface area contributed by atoms with Crippen molar-refractivity contribution in [2.45, 2.75) is 19.4 Å². The topological polar surface area (TPSA) is 258 Å². The molecular formula is C24H58O16. The van der Waals surface area contributed by atoms with Crippen LogP contribution in [-0.2, 0) is 28.4 Å². The van der Waals surface area contributed by atoms with Crippen LogP contribution in [0, 0.1) is 0 Å². The second-order valence-electron chi connectivity index (χ2n) is 6.85. The van der Waals surface area contributed by atoms with E-state index in [-0.39, 0.29) is 59.5 Å². The Labute approximate surface area is 238 Å². The van der Waals surface area contributed by atoms with Crippen LogP contribution < -0.4 is 0 Å². The molecule has 16 heteroatoms. The maximum absolute atomic E-state index is 8.41. The van der Waals surface area contributed by atoms with Crippen LogP contribution in [0.1, 0.15) is 13.3 Å². The van der Waals surface area contributed by atoms with Gasteiger partial charge >= 0.3 is 0 Å². The molecule has 0 aliphatic heterocycles. The first kappa shape index (κ1) is 49.1. The lowest BCUT2D eigenvalue weighted by Gasteiger charge is -2.06. The van der Waals surface area contributed by atoms with E-state index in [2.05, 4.69) is 0 Å². The quantitative estimate of drug-likeness (QED) is 0.0469. The summed E-state index contributed by atoms with van der Waals surface area (Å²) in [5.41, 5.74) is 0. The molecule has 0 aromatic rings. The molecule has 0 rings (SSSR count). The number of aliphatic hydroxyl groups excluding tert-OH is 10. The van der Waals surface area contributed by atoms with E-state index in [1.165, 1.54) is 6.92 Å². The lowest BCUT2D eigenvalue weighted by atomic mass is 10.5. The molecule has 0 aromatic carbocycles. The normalized spacial score (nSPS) is 10.6. The molecule has 0 aliphatic carbocycles. The summed E-state index contributed by atoms with van der Waals surface area (Å²) in [6, 6.07) is 0. The van der Waals surface area contributed by atoms with E-state index < -0.39 is 6.10 Å². The first-order valence-electron chi connectivity index (χ1n) is 13.1. The third-order valence-corrected chi connectivity index (χ3v) is 3.11. The summed E-state index contributed by atoms with van der Waals surface area (Å²) in [7, 11) is 0. The van der Waals surface area contributed by atoms with Gasteiger partial charge in [0.05, 0.1) is 132 Å². The van der Waals surface area contributed by atoms with Crippen molar-refractivity contribution in [1.29, 1.82) is 0 Å². The van der Waals surface area contributed by atoms with Gasteiger partial charge in [-0.25, -0.2) is 0 Å². The van der Waals surface area contributed by atoms with Crippen molar-refractivity contribution >= 4 is 0 Å². The molecule has 0 amide bonds. The molecular weight excluding hydrogens is 544 g/mol. The fourth-order valence-corrected chi connectivity index (χ4v) is 1.41. The predicted molar refractivity (Wildman–Crippen MR) is 145 cm³/mol. The molecule has 0 spiro atoms. The summed E-state index contributed by atoms with van der Waals surface area (Å²) < 4.78 is 30.1. The minimum atomic E-state index is -0.560. The van der Waals surface area contributed by atoms with E-state index in [9.17, 15) is 0 Å². The van der Waals surface area contributed by atoms with E-state index in [1.807, 2.05) is 0 Å². The highest BCUT2D eigenvalue weighted by molar-refractivity contribution is 4.35. The average molecular weight is 603 g/mol. The van der Waals surface area contributed by atoms with Gasteiger partial charge in [0.25, 0.3) is 0 Å². The summed E-state index contributed by atoms with van der Waals surface area (Å²) in [4.78, 5) is 0. The van der Waals surface area contributed by atoms with E-state index in [1.54, 1.807) is 0 Å². The zero-order valence-electron chi connectivity index (χ0n) is 24.1. The van der Waals surface area contributed by atoms with Crippen LogP contribution in [0.15, 0.2) is 0 Å². The predicted octanol–water partition coefficient (Wildman–Crippen LogP) is -4.27. The zero-order valence-corrected chi connectivity index (χ0v) is 24.1. The van der Waals surface area contributed by atoms with Crippen LogP contribution in [0.25, 0.3) is 0 Å². The Bertz CT molecular complexity index is 318. The molecule has 0 saturated heterocycles. The third kappa shape index (κ3) is 83.2. The Balaban J connectivity index is -0.000000144. The first-order valence-corrected chi connectivity index (χ1v) is 13.1. The molecule has 10 N–H and O–H groups in total. The van der Waals surface area contributed by atoms with Gasteiger partial charge in [-0.15, -0.1) is 0 Å². The number of hydrogen-bond acceptors (Lipinski definition) is 16. The Morgan fingerprint density at radius 1 is 0.350 bits per heavy atom. The van der Waals surface area contributed by atoms with Crippen molar-refractivity contribution < 1.29 is 79.5 Å². The zero-order chi connectivity index (χ0) is 31.4. The van der Waals surface area contributed by atoms with Gasteiger partial charge in [-0.2, -0.15) is 0 Å². The number of aliphatic hydroxyl groups is 10. The van der Waals surface area contributed by atoms with E-state index in [0.717, 1.165) is 0 Å². The molecule has 0 heterocycles. The molecule has 1 atom stereocenters. The monoisotopic (exact) mass is 602 g/mol. The van der Waals surface area contributed by atoms with Crippen molar-refractivity contribution in [3.05, 3.63) is 0 Å². The lowest BCUT2D eigenvalue weighted by Crippen LogP contribution is -2.13. The van der Waals surface area contributed by atoms with Gasteiger partial charge in [0.15, 0.2) is 0 Å². The summed E-state index contributed by atoms with van der Waals surface area (Å²) in [5, 5.41) is 80.4. The molecule has 0 fully saturated rings. The maximum Gasteiger partial charge on any atom is 0.0742 e. The highest BCUT2D eigenvalue weighted by Gasteiger charge is 1.92. The summed E-state index contributed by atoms with van der Waals surface area (Å²) in [6.07, 6.45) is -0.0602. The van der Waals surface area contributed by atoms with Gasteiger partial charge in [-0.3, -0.25) is 0 Å². The number of ether oxygens (including phenoxy) is 6. The molecule has 0 bridgehead atoms. The summed E-state index contributed by atoms with van der Waals surface area (Å²) in [5.74, 6) is 0. The van der Waals surface area contributed by atoms with E-state index >= 15 is 0 Å². The van der Waals surface area contributed by atoms with Crippen molar-refractivity contribution in [3.63, 3.8) is 0 Å². The van der Waals surface area contributed by atoms with E-state index in [0.29, 0.717) is 85.7 Å². The van der Waals surface area contributed by atoms with Crippen LogP contribution in [0.4, 0.5) is 0 Å². The average Bonchev–Trinajstić information content (AvgIpc) is 2.97. The Morgan fingerprint density at radius 3 is 0.650 bits per heavy atom. The molecule has 250 valence electrons. The van der Waals surface area contributed by atoms with Crippen molar-refractivity contribution in [3.8, 4) is 0 Å². The first-order chi connectivity index (χ1) is 19.4. The lowest BCUT2D eigenvalue weighted by molar-refractivity contribution is -0.00856. The highest BCUT2D eigenvalue weighted by Crippen LogP contribution is 1.82. The second-order valence-corrected chi connectivity index (χ2v) is 6.85. The fraction of sp³-hybridized carbons (Fsp3) is 1.00. The molecule has 0 saturated carbocycles. The Morgan fingerprint density at radius 2 is 0.550 bits per heavy atom. The van der Waals surface area contributed by atoms with Crippen LogP contribution in [-0.4, -0.2) is 196 Å². The van der Waals surface area contributed by atoms with Gasteiger partial charge in [-0.1, -0.05) is 0 Å². The fourth-order valence-electron chi connectivity index (χ4n) is 1.41. The Hall–Kier alpha value is -0.640. The van der Waals surface area contributed by atoms with Crippen LogP contribution >= 0.6 is 0 Å². The second kappa shape index (κ2) is 58.1. The third-order valence-electron chi connectivity index (χ3n) is 3.11. The SMILES string of the molecule is CC(O)CO.OCCCO.OCCO.OCCOCCOCCO.OCCOCCOCCOCCOCCO. The van der Waals surface area contributed by atoms with Crippen molar-refractivity contribution in [2.75, 3.05) is 139 Å². The highest BCUT2D eigenvalue weighted by atomic mass is 16.6. The maximum atomic E-state index is 8.41. The number of rotatable bonds is 24. The Kier molecular flexibility index (Phi) is 71.2. The minimum Gasteiger partial charge on any atom is -0.396 e. The molecule has 40 heavy (non-hydrogen) atoms. The molecule has 1 unspecified atom stereocenters. The van der Waals surface area contributed by atoms with Crippen LogP contribution in [0.3, 0.4) is 0 Å². The van der Waals surface area contributed by atoms with Crippen molar-refractivity contribution in [1.82, 2.24) is 0 Å². The van der Waals surface area contributed by atoms with Gasteiger partial charge in [0.1, 0.15) is 0 Å². The smallest absolute Gasteiger partial charge is 0.0742 e. The summed E-state index contributed by atoms with van der Waals surface area (Å²) >= 11 is 0. The minimum absolute atomic E-state index is 0.0386. The van der Waals surface area contributed by atoms with Crippen LogP contribution in [0.2, 0.25) is 0 Å². The van der Waals surface area contributed by atoms with Gasteiger partial charge < -0.3 is 79.5 Å². The molecule has 0 aromatic heterocycles. The molecule has 16 nitrogen and oxygen atoms in total. The van der Waals surface area contributed by atoms with Crippen molar-refractivity contribution in [2.24, 2.45) is 0 Å². The largest absolute Gasteiger partial charge is 0.396 e. The van der Waals surface area contributed by atoms with Gasteiger partial charge in [-0.05, 0) is 13.3 Å². The molecule has 0 radical (unpaired) electrons. The van der Waals surface area contributed by atoms with Gasteiger partial charge in [0.2, 0.25) is 0 Å². The number of hydrogen-bond donors (Lipinski definition) is 10. The summed E-state index contributed by atoms with van der Waals surface area (Å²) in [6.45, 7) is 6.84. The van der Waals surface area contributed by atoms with Gasteiger partial charge in [0, 0.05) is 13.2 Å². The molecule has 0 aliphatic rings. The standard InChI is InChI=1S/C10H22O6.C6H14O4.2C3H8O2.C2H6O2/c11-1-3-13-5-7-15-9-10-16-8-6-14-4-2-12;7-1-3-9-5-6-10-4-2-8;1-3(5)2-4;4-2-1-3-5;3-1-2-4/h11-12H,1-10H2;7-8H,1-6H2;3-5H,2H2,1H3;4-5H,1-3H2;3-4H,1-2H2. The van der Waals surface area contributed by atoms with E-state index in [4.69, 9.17) is 79.5 Å². The van der Waals surface area contributed by atoms with Crippen LogP contribution in [0.5, 0.6) is 0 Å².